The van der Waals surface area contributed by atoms with E-state index in [1.807, 2.05) is 0 Å². The smallest absolute Gasteiger partial charge is 0.347 e. The number of carbonyl (C=O) groups is 2. The Bertz CT molecular complexity index is 713. The molecule has 0 unspecified atom stereocenters. The number of carboxylic acids is 1. The number of phenols is 1. The molecule has 1 aromatic heterocycles. The first kappa shape index (κ1) is 12.8. The number of Topliss-reactive ketones (excluding diaryl/α,β-unsaturated/α-hetero) is 1. The molecule has 1 aromatic carbocycles. The van der Waals surface area contributed by atoms with Gasteiger partial charge in [0.1, 0.15) is 16.9 Å². The molecule has 2 N–H and O–H groups in total. The fourth-order valence-electron chi connectivity index (χ4n) is 1.65. The molecule has 0 amide bonds. The number of phenolic OH excluding ortho intramolecular Hbond substituents is 1. The highest BCUT2D eigenvalue weighted by Crippen LogP contribution is 2.19. The van der Waals surface area contributed by atoms with Gasteiger partial charge in [0, 0.05) is 17.9 Å². The van der Waals surface area contributed by atoms with Gasteiger partial charge in [-0.25, -0.2) is 4.79 Å². The Morgan fingerprint density at radius 3 is 2.58 bits per heavy atom. The number of hydrogen-bond donors (Lipinski definition) is 2. The highest BCUT2D eigenvalue weighted by atomic mass is 16.4. The summed E-state index contributed by atoms with van der Waals surface area (Å²) in [6.45, 7) is 0. The minimum absolute atomic E-state index is 0.0550. The number of carboxylic acid groups (broad SMARTS) is 1. The molecule has 0 fully saturated rings. The Morgan fingerprint density at radius 2 is 1.89 bits per heavy atom. The number of rotatable bonds is 4. The second-order valence-electron chi connectivity index (χ2n) is 3.99. The maximum Gasteiger partial charge on any atom is 0.347 e. The van der Waals surface area contributed by atoms with Gasteiger partial charge in [0.2, 0.25) is 0 Å². The topological polar surface area (TPSA) is 105 Å². The summed E-state index contributed by atoms with van der Waals surface area (Å²) in [6.07, 6.45) is -0.602. The average Bonchev–Trinajstić information content (AvgIpc) is 2.35. The summed E-state index contributed by atoms with van der Waals surface area (Å²) < 4.78 is 4.92. The summed E-state index contributed by atoms with van der Waals surface area (Å²) >= 11 is 0. The highest BCUT2D eigenvalue weighted by Gasteiger charge is 2.15. The first-order chi connectivity index (χ1) is 8.97. The third-order valence-corrected chi connectivity index (χ3v) is 2.59. The standard InChI is InChI=1S/C13H10O6/c14-8-2-1-7-5-9(10(15)3-4-12(16)17)13(18)19-11(7)6-8/h1-2,5-6,14H,3-4H2,(H,16,17). The van der Waals surface area contributed by atoms with Crippen molar-refractivity contribution in [1.29, 1.82) is 0 Å². The molecule has 2 aromatic rings. The molecule has 2 rings (SSSR count). The van der Waals surface area contributed by atoms with E-state index in [4.69, 9.17) is 9.52 Å². The third kappa shape index (κ3) is 2.79. The summed E-state index contributed by atoms with van der Waals surface area (Å²) in [6, 6.07) is 5.50. The lowest BCUT2D eigenvalue weighted by Gasteiger charge is -2.01. The largest absolute Gasteiger partial charge is 0.508 e. The van der Waals surface area contributed by atoms with E-state index < -0.39 is 17.4 Å². The van der Waals surface area contributed by atoms with Crippen molar-refractivity contribution in [1.82, 2.24) is 0 Å². The van der Waals surface area contributed by atoms with Crippen LogP contribution in [-0.2, 0) is 4.79 Å². The Morgan fingerprint density at radius 1 is 1.16 bits per heavy atom. The predicted octanol–water partition coefficient (Wildman–Crippen LogP) is 1.55. The molecule has 0 atom stereocenters. The van der Waals surface area contributed by atoms with Crippen molar-refractivity contribution in [3.05, 3.63) is 40.2 Å². The van der Waals surface area contributed by atoms with E-state index in [2.05, 4.69) is 0 Å². The van der Waals surface area contributed by atoms with Crippen LogP contribution in [0.25, 0.3) is 11.0 Å². The molecular formula is C13H10O6. The minimum atomic E-state index is -1.11. The number of carbonyl (C=O) groups excluding carboxylic acids is 1. The van der Waals surface area contributed by atoms with E-state index in [1.165, 1.54) is 24.3 Å². The summed E-state index contributed by atoms with van der Waals surface area (Å²) in [7, 11) is 0. The van der Waals surface area contributed by atoms with E-state index in [9.17, 15) is 19.5 Å². The van der Waals surface area contributed by atoms with Crippen LogP contribution in [0.5, 0.6) is 5.75 Å². The second-order valence-corrected chi connectivity index (χ2v) is 3.99. The van der Waals surface area contributed by atoms with Crippen molar-refractivity contribution in [3.63, 3.8) is 0 Å². The number of hydrogen-bond acceptors (Lipinski definition) is 5. The Hall–Kier alpha value is -2.63. The van der Waals surface area contributed by atoms with Crippen LogP contribution >= 0.6 is 0 Å². The Kier molecular flexibility index (Phi) is 3.33. The molecule has 0 bridgehead atoms. The number of aliphatic carboxylic acids is 1. The van der Waals surface area contributed by atoms with Gasteiger partial charge in [-0.05, 0) is 18.2 Å². The van der Waals surface area contributed by atoms with E-state index in [0.29, 0.717) is 5.39 Å². The first-order valence-electron chi connectivity index (χ1n) is 5.49. The first-order valence-corrected chi connectivity index (χ1v) is 5.49. The average molecular weight is 262 g/mol. The van der Waals surface area contributed by atoms with Gasteiger partial charge in [-0.3, -0.25) is 9.59 Å². The van der Waals surface area contributed by atoms with Gasteiger partial charge in [-0.1, -0.05) is 0 Å². The summed E-state index contributed by atoms with van der Waals surface area (Å²) in [5.41, 5.74) is -0.854. The highest BCUT2D eigenvalue weighted by molar-refractivity contribution is 5.99. The van der Waals surface area contributed by atoms with Gasteiger partial charge in [0.05, 0.1) is 6.42 Å². The van der Waals surface area contributed by atoms with Crippen LogP contribution in [0.1, 0.15) is 23.2 Å². The third-order valence-electron chi connectivity index (χ3n) is 2.59. The maximum atomic E-state index is 11.7. The van der Waals surface area contributed by atoms with Gasteiger partial charge in [-0.2, -0.15) is 0 Å². The van der Waals surface area contributed by atoms with Crippen LogP contribution in [0.4, 0.5) is 0 Å². The number of ketones is 1. The van der Waals surface area contributed by atoms with Crippen LogP contribution in [-0.4, -0.2) is 22.0 Å². The van der Waals surface area contributed by atoms with Crippen LogP contribution in [0.15, 0.2) is 33.5 Å². The molecule has 6 heteroatoms. The van der Waals surface area contributed by atoms with Crippen molar-refractivity contribution in [2.75, 3.05) is 0 Å². The van der Waals surface area contributed by atoms with Gasteiger partial charge in [-0.15, -0.1) is 0 Å². The fourth-order valence-corrected chi connectivity index (χ4v) is 1.65. The van der Waals surface area contributed by atoms with Gasteiger partial charge < -0.3 is 14.6 Å². The quantitative estimate of drug-likeness (QED) is 0.639. The molecule has 0 saturated carbocycles. The number of aromatic hydroxyl groups is 1. The minimum Gasteiger partial charge on any atom is -0.508 e. The number of benzene rings is 1. The molecule has 0 saturated heterocycles. The van der Waals surface area contributed by atoms with Crippen LogP contribution < -0.4 is 5.63 Å². The van der Waals surface area contributed by atoms with E-state index in [1.54, 1.807) is 0 Å². The zero-order valence-electron chi connectivity index (χ0n) is 9.75. The van der Waals surface area contributed by atoms with Crippen molar-refractivity contribution < 1.29 is 24.2 Å². The molecule has 0 radical (unpaired) electrons. The lowest BCUT2D eigenvalue weighted by Crippen LogP contribution is -2.14. The normalized spacial score (nSPS) is 10.5. The van der Waals surface area contributed by atoms with Crippen molar-refractivity contribution in [3.8, 4) is 5.75 Å². The van der Waals surface area contributed by atoms with Crippen LogP contribution in [0.3, 0.4) is 0 Å². The van der Waals surface area contributed by atoms with Crippen LogP contribution in [0, 0.1) is 0 Å². The monoisotopic (exact) mass is 262 g/mol. The zero-order chi connectivity index (χ0) is 14.0. The molecule has 19 heavy (non-hydrogen) atoms. The van der Waals surface area contributed by atoms with Crippen molar-refractivity contribution in [2.24, 2.45) is 0 Å². The summed E-state index contributed by atoms with van der Waals surface area (Å²) in [5.74, 6) is -1.74. The Labute approximate surface area is 106 Å². The molecule has 0 spiro atoms. The SMILES string of the molecule is O=C(O)CCC(=O)c1cc2ccc(O)cc2oc1=O. The molecule has 6 nitrogen and oxygen atoms in total. The van der Waals surface area contributed by atoms with E-state index in [0.717, 1.165) is 0 Å². The van der Waals surface area contributed by atoms with Gasteiger partial charge >= 0.3 is 11.6 Å². The molecular weight excluding hydrogens is 252 g/mol. The summed E-state index contributed by atoms with van der Waals surface area (Å²) in [5, 5.41) is 18.2. The molecule has 98 valence electrons. The van der Waals surface area contributed by atoms with E-state index in [-0.39, 0.29) is 29.7 Å². The van der Waals surface area contributed by atoms with E-state index >= 15 is 0 Å². The lowest BCUT2D eigenvalue weighted by atomic mass is 10.1. The zero-order valence-corrected chi connectivity index (χ0v) is 9.75. The molecule has 0 aliphatic carbocycles. The lowest BCUT2D eigenvalue weighted by molar-refractivity contribution is -0.136. The second kappa shape index (κ2) is 4.93. The summed E-state index contributed by atoms with van der Waals surface area (Å²) in [4.78, 5) is 33.7. The number of fused-ring (bicyclic) bond motifs is 1. The molecule has 0 aliphatic heterocycles. The predicted molar refractivity (Wildman–Crippen MR) is 65.3 cm³/mol. The van der Waals surface area contributed by atoms with Crippen LogP contribution in [0.2, 0.25) is 0 Å². The van der Waals surface area contributed by atoms with Gasteiger partial charge in [0.15, 0.2) is 5.78 Å². The molecule has 1 heterocycles. The Balaban J connectivity index is 2.41. The maximum absolute atomic E-state index is 11.7. The molecule has 0 aliphatic rings. The van der Waals surface area contributed by atoms with Crippen molar-refractivity contribution >= 4 is 22.7 Å². The van der Waals surface area contributed by atoms with Crippen molar-refractivity contribution in [2.45, 2.75) is 12.8 Å². The van der Waals surface area contributed by atoms with Gasteiger partial charge in [0.25, 0.3) is 0 Å². The fraction of sp³-hybridized carbons (Fsp3) is 0.154.